The van der Waals surface area contributed by atoms with E-state index in [1.165, 1.54) is 5.01 Å². The third-order valence-electron chi connectivity index (χ3n) is 3.91. The van der Waals surface area contributed by atoms with Crippen LogP contribution in [-0.4, -0.2) is 11.8 Å². The number of nitrogens with zero attached hydrogens (tertiary/aromatic N) is 1. The quantitative estimate of drug-likeness (QED) is 0.720. The van der Waals surface area contributed by atoms with Gasteiger partial charge in [0.05, 0.1) is 18.5 Å². The normalized spacial score (nSPS) is 10.2. The summed E-state index contributed by atoms with van der Waals surface area (Å²) in [4.78, 5) is 25.3. The van der Waals surface area contributed by atoms with E-state index in [9.17, 15) is 9.59 Å². The lowest BCUT2D eigenvalue weighted by Gasteiger charge is -2.23. The second kappa shape index (κ2) is 8.62. The molecule has 0 saturated carbocycles. The SMILES string of the molecule is O=C(Cc1ccccc1)NN(C(=O)Cc1ccccc1)c1ccccc1. The van der Waals surface area contributed by atoms with E-state index in [-0.39, 0.29) is 24.7 Å². The van der Waals surface area contributed by atoms with Crippen LogP contribution in [0.5, 0.6) is 0 Å². The van der Waals surface area contributed by atoms with Gasteiger partial charge in [0.2, 0.25) is 11.8 Å². The van der Waals surface area contributed by atoms with Gasteiger partial charge in [-0.1, -0.05) is 78.9 Å². The summed E-state index contributed by atoms with van der Waals surface area (Å²) in [5.41, 5.74) is 5.18. The van der Waals surface area contributed by atoms with E-state index in [2.05, 4.69) is 5.43 Å². The molecule has 0 aliphatic rings. The van der Waals surface area contributed by atoms with Crippen LogP contribution in [0.25, 0.3) is 0 Å². The number of benzene rings is 3. The minimum Gasteiger partial charge on any atom is -0.273 e. The molecule has 0 aromatic heterocycles. The number of nitrogens with one attached hydrogen (secondary N) is 1. The summed E-state index contributed by atoms with van der Waals surface area (Å²) in [5, 5.41) is 1.33. The highest BCUT2D eigenvalue weighted by Crippen LogP contribution is 2.14. The van der Waals surface area contributed by atoms with Crippen molar-refractivity contribution in [3.63, 3.8) is 0 Å². The van der Waals surface area contributed by atoms with E-state index >= 15 is 0 Å². The van der Waals surface area contributed by atoms with Crippen LogP contribution >= 0.6 is 0 Å². The van der Waals surface area contributed by atoms with Gasteiger partial charge in [-0.25, -0.2) is 5.01 Å². The van der Waals surface area contributed by atoms with Crippen molar-refractivity contribution < 1.29 is 9.59 Å². The van der Waals surface area contributed by atoms with Crippen LogP contribution in [-0.2, 0) is 22.4 Å². The van der Waals surface area contributed by atoms with E-state index in [1.54, 1.807) is 12.1 Å². The Hall–Kier alpha value is -3.40. The average Bonchev–Trinajstić information content (AvgIpc) is 2.68. The second-order valence-electron chi connectivity index (χ2n) is 5.92. The van der Waals surface area contributed by atoms with Gasteiger partial charge in [0.15, 0.2) is 0 Å². The average molecular weight is 344 g/mol. The first-order valence-corrected chi connectivity index (χ1v) is 8.48. The largest absolute Gasteiger partial charge is 0.273 e. The molecular weight excluding hydrogens is 324 g/mol. The predicted octanol–water partition coefficient (Wildman–Crippen LogP) is 3.54. The molecule has 0 atom stereocenters. The molecule has 0 heterocycles. The van der Waals surface area contributed by atoms with Crippen molar-refractivity contribution in [3.8, 4) is 0 Å². The van der Waals surface area contributed by atoms with Crippen molar-refractivity contribution in [2.75, 3.05) is 5.01 Å². The van der Waals surface area contributed by atoms with Crippen molar-refractivity contribution in [2.24, 2.45) is 0 Å². The summed E-state index contributed by atoms with van der Waals surface area (Å²) in [6.07, 6.45) is 0.421. The highest BCUT2D eigenvalue weighted by Gasteiger charge is 2.18. The van der Waals surface area contributed by atoms with Gasteiger partial charge >= 0.3 is 0 Å². The number of rotatable bonds is 5. The van der Waals surface area contributed by atoms with Crippen molar-refractivity contribution in [1.82, 2.24) is 5.43 Å². The Labute approximate surface area is 153 Å². The highest BCUT2D eigenvalue weighted by atomic mass is 16.2. The molecule has 26 heavy (non-hydrogen) atoms. The summed E-state index contributed by atoms with van der Waals surface area (Å²) in [7, 11) is 0. The van der Waals surface area contributed by atoms with Crippen LogP contribution in [0.3, 0.4) is 0 Å². The number of hydrogen-bond donors (Lipinski definition) is 1. The van der Waals surface area contributed by atoms with Crippen molar-refractivity contribution >= 4 is 17.5 Å². The molecule has 3 aromatic rings. The second-order valence-corrected chi connectivity index (χ2v) is 5.92. The van der Waals surface area contributed by atoms with Gasteiger partial charge in [0.25, 0.3) is 0 Å². The summed E-state index contributed by atoms with van der Waals surface area (Å²) in [6.45, 7) is 0. The number of para-hydroxylation sites is 1. The monoisotopic (exact) mass is 344 g/mol. The predicted molar refractivity (Wildman–Crippen MR) is 102 cm³/mol. The van der Waals surface area contributed by atoms with Crippen LogP contribution < -0.4 is 10.4 Å². The van der Waals surface area contributed by atoms with Crippen LogP contribution in [0.4, 0.5) is 5.69 Å². The third-order valence-corrected chi connectivity index (χ3v) is 3.91. The molecular formula is C22H20N2O2. The van der Waals surface area contributed by atoms with Crippen molar-refractivity contribution in [1.29, 1.82) is 0 Å². The lowest BCUT2D eigenvalue weighted by molar-refractivity contribution is -0.125. The Bertz CT molecular complexity index is 849. The van der Waals surface area contributed by atoms with Gasteiger partial charge in [-0.2, -0.15) is 0 Å². The van der Waals surface area contributed by atoms with Gasteiger partial charge in [-0.3, -0.25) is 15.0 Å². The van der Waals surface area contributed by atoms with Crippen molar-refractivity contribution in [2.45, 2.75) is 12.8 Å². The molecule has 2 amide bonds. The van der Waals surface area contributed by atoms with Crippen LogP contribution in [0, 0.1) is 0 Å². The maximum absolute atomic E-state index is 12.8. The Kier molecular flexibility index (Phi) is 5.78. The first-order chi connectivity index (χ1) is 12.7. The van der Waals surface area contributed by atoms with E-state index < -0.39 is 0 Å². The molecule has 0 aliphatic carbocycles. The fourth-order valence-corrected chi connectivity index (χ4v) is 2.64. The Balaban J connectivity index is 1.75. The number of carbonyl (C=O) groups excluding carboxylic acids is 2. The molecule has 4 heteroatoms. The van der Waals surface area contributed by atoms with Gasteiger partial charge in [-0.05, 0) is 23.3 Å². The van der Waals surface area contributed by atoms with Crippen LogP contribution in [0.15, 0.2) is 91.0 Å². The zero-order chi connectivity index (χ0) is 18.2. The van der Waals surface area contributed by atoms with Gasteiger partial charge in [0.1, 0.15) is 0 Å². The van der Waals surface area contributed by atoms with Gasteiger partial charge < -0.3 is 0 Å². The number of hydrogen-bond acceptors (Lipinski definition) is 2. The van der Waals surface area contributed by atoms with Crippen LogP contribution in [0.1, 0.15) is 11.1 Å². The fraction of sp³-hybridized carbons (Fsp3) is 0.0909. The van der Waals surface area contributed by atoms with Gasteiger partial charge in [-0.15, -0.1) is 0 Å². The molecule has 1 N–H and O–H groups in total. The molecule has 0 unspecified atom stereocenters. The van der Waals surface area contributed by atoms with E-state index in [0.29, 0.717) is 5.69 Å². The molecule has 130 valence electrons. The molecule has 4 nitrogen and oxygen atoms in total. The minimum absolute atomic E-state index is 0.191. The maximum Gasteiger partial charge on any atom is 0.250 e. The topological polar surface area (TPSA) is 49.4 Å². The lowest BCUT2D eigenvalue weighted by Crippen LogP contribution is -2.47. The summed E-state index contributed by atoms with van der Waals surface area (Å²) < 4.78 is 0. The zero-order valence-corrected chi connectivity index (χ0v) is 14.3. The van der Waals surface area contributed by atoms with E-state index in [4.69, 9.17) is 0 Å². The fourth-order valence-electron chi connectivity index (χ4n) is 2.64. The molecule has 0 spiro atoms. The summed E-state index contributed by atoms with van der Waals surface area (Å²) in [5.74, 6) is -0.426. The van der Waals surface area contributed by atoms with Crippen LogP contribution in [0.2, 0.25) is 0 Å². The highest BCUT2D eigenvalue weighted by molar-refractivity contribution is 5.97. The smallest absolute Gasteiger partial charge is 0.250 e. The summed E-state index contributed by atoms with van der Waals surface area (Å²) in [6, 6.07) is 28.1. The number of carbonyl (C=O) groups is 2. The summed E-state index contributed by atoms with van der Waals surface area (Å²) >= 11 is 0. The first-order valence-electron chi connectivity index (χ1n) is 8.48. The lowest BCUT2D eigenvalue weighted by atomic mass is 10.1. The molecule has 0 bridgehead atoms. The minimum atomic E-state index is -0.235. The van der Waals surface area contributed by atoms with Crippen molar-refractivity contribution in [3.05, 3.63) is 102 Å². The van der Waals surface area contributed by atoms with E-state index in [0.717, 1.165) is 11.1 Å². The molecule has 3 rings (SSSR count). The molecule has 3 aromatic carbocycles. The molecule has 0 fully saturated rings. The number of amides is 2. The number of hydrazine groups is 1. The number of anilines is 1. The van der Waals surface area contributed by atoms with E-state index in [1.807, 2.05) is 78.9 Å². The molecule has 0 radical (unpaired) electrons. The Morgan fingerprint density at radius 1 is 0.654 bits per heavy atom. The molecule has 0 aliphatic heterocycles. The third kappa shape index (κ3) is 4.80. The zero-order valence-electron chi connectivity index (χ0n) is 14.3. The maximum atomic E-state index is 12.8. The molecule has 0 saturated heterocycles. The Morgan fingerprint density at radius 3 is 1.65 bits per heavy atom. The first kappa shape index (κ1) is 17.4. The van der Waals surface area contributed by atoms with Gasteiger partial charge in [0, 0.05) is 0 Å². The Morgan fingerprint density at radius 2 is 1.12 bits per heavy atom. The standard InChI is InChI=1S/C22H20N2O2/c25-21(16-18-10-4-1-5-11-18)23-24(20-14-8-3-9-15-20)22(26)17-19-12-6-2-7-13-19/h1-15H,16-17H2,(H,23,25).